The number of benzene rings is 1. The van der Waals surface area contributed by atoms with Gasteiger partial charge in [-0.25, -0.2) is 8.78 Å². The molecule has 2 atom stereocenters. The summed E-state index contributed by atoms with van der Waals surface area (Å²) in [5.74, 6) is -0.809. The lowest BCUT2D eigenvalue weighted by molar-refractivity contribution is 0.177. The van der Waals surface area contributed by atoms with E-state index in [1.807, 2.05) is 13.8 Å². The smallest absolute Gasteiger partial charge is 0.130 e. The summed E-state index contributed by atoms with van der Waals surface area (Å²) in [7, 11) is 0. The predicted molar refractivity (Wildman–Crippen MR) is 68.1 cm³/mol. The molecule has 0 aliphatic carbocycles. The van der Waals surface area contributed by atoms with E-state index in [0.29, 0.717) is 6.54 Å². The van der Waals surface area contributed by atoms with Crippen LogP contribution in [0.2, 0.25) is 0 Å². The van der Waals surface area contributed by atoms with Crippen molar-refractivity contribution in [2.24, 2.45) is 11.7 Å². The number of likely N-dealkylation sites (tertiary alicyclic amines) is 1. The van der Waals surface area contributed by atoms with Gasteiger partial charge in [0.25, 0.3) is 0 Å². The van der Waals surface area contributed by atoms with E-state index in [9.17, 15) is 8.78 Å². The highest BCUT2D eigenvalue weighted by atomic mass is 19.1. The van der Waals surface area contributed by atoms with Gasteiger partial charge in [-0.05, 0) is 51.4 Å². The molecule has 2 nitrogen and oxygen atoms in total. The maximum absolute atomic E-state index is 13.9. The molecule has 2 N–H and O–H groups in total. The Hall–Kier alpha value is -1.00. The van der Waals surface area contributed by atoms with E-state index < -0.39 is 11.6 Å². The van der Waals surface area contributed by atoms with E-state index in [4.69, 9.17) is 5.73 Å². The molecule has 18 heavy (non-hydrogen) atoms. The Morgan fingerprint density at radius 1 is 1.33 bits per heavy atom. The molecule has 2 rings (SSSR count). The zero-order valence-electron chi connectivity index (χ0n) is 10.9. The lowest BCUT2D eigenvalue weighted by Gasteiger charge is -2.31. The first-order chi connectivity index (χ1) is 8.56. The molecule has 1 fully saturated rings. The van der Waals surface area contributed by atoms with E-state index >= 15 is 0 Å². The summed E-state index contributed by atoms with van der Waals surface area (Å²) in [6.07, 6.45) is 0.896. The van der Waals surface area contributed by atoms with Crippen LogP contribution in [0.25, 0.3) is 0 Å². The molecular weight excluding hydrogens is 234 g/mol. The van der Waals surface area contributed by atoms with Crippen molar-refractivity contribution in [1.82, 2.24) is 4.90 Å². The first-order valence-electron chi connectivity index (χ1n) is 6.46. The molecule has 0 saturated carbocycles. The Bertz CT molecular complexity index is 400. The lowest BCUT2D eigenvalue weighted by Crippen LogP contribution is -2.34. The Balaban J connectivity index is 2.44. The van der Waals surface area contributed by atoms with E-state index in [0.717, 1.165) is 13.0 Å². The summed E-state index contributed by atoms with van der Waals surface area (Å²) in [5.41, 5.74) is 5.93. The molecule has 1 aliphatic rings. The molecule has 0 spiro atoms. The van der Waals surface area contributed by atoms with Crippen molar-refractivity contribution in [2.75, 3.05) is 13.1 Å². The van der Waals surface area contributed by atoms with E-state index in [2.05, 4.69) is 4.90 Å². The van der Waals surface area contributed by atoms with E-state index in [1.165, 1.54) is 18.2 Å². The van der Waals surface area contributed by atoms with Gasteiger partial charge in [0.05, 0.1) is 0 Å². The van der Waals surface area contributed by atoms with Crippen molar-refractivity contribution < 1.29 is 8.78 Å². The molecule has 4 heteroatoms. The molecule has 0 aromatic heterocycles. The van der Waals surface area contributed by atoms with Gasteiger partial charge in [0.2, 0.25) is 0 Å². The zero-order valence-corrected chi connectivity index (χ0v) is 10.9. The van der Waals surface area contributed by atoms with Gasteiger partial charge in [-0.1, -0.05) is 6.07 Å². The van der Waals surface area contributed by atoms with Crippen LogP contribution in [-0.4, -0.2) is 24.0 Å². The van der Waals surface area contributed by atoms with Crippen molar-refractivity contribution in [3.05, 3.63) is 35.4 Å². The minimum atomic E-state index is -0.467. The van der Waals surface area contributed by atoms with E-state index in [-0.39, 0.29) is 23.6 Å². The van der Waals surface area contributed by atoms with Crippen LogP contribution in [0, 0.1) is 17.6 Å². The van der Waals surface area contributed by atoms with Crippen LogP contribution in [0.15, 0.2) is 18.2 Å². The fourth-order valence-electron chi connectivity index (χ4n) is 2.90. The van der Waals surface area contributed by atoms with Gasteiger partial charge in [-0.3, -0.25) is 4.90 Å². The summed E-state index contributed by atoms with van der Waals surface area (Å²) >= 11 is 0. The van der Waals surface area contributed by atoms with Gasteiger partial charge in [-0.15, -0.1) is 0 Å². The van der Waals surface area contributed by atoms with Crippen LogP contribution >= 0.6 is 0 Å². The fraction of sp³-hybridized carbons (Fsp3) is 0.571. The van der Waals surface area contributed by atoms with Gasteiger partial charge in [0, 0.05) is 17.6 Å². The number of hydrogen-bond donors (Lipinski definition) is 1. The molecule has 0 amide bonds. The van der Waals surface area contributed by atoms with Crippen LogP contribution in [0.5, 0.6) is 0 Å². The molecule has 1 aromatic carbocycles. The standard InChI is InChI=1S/C14H20F2N2/c1-9(2)18-7-6-10(8-17)14(18)13-11(15)4-3-5-12(13)16/h3-5,9-10,14H,6-8,17H2,1-2H3. The van der Waals surface area contributed by atoms with Crippen LogP contribution in [0.3, 0.4) is 0 Å². The van der Waals surface area contributed by atoms with Gasteiger partial charge < -0.3 is 5.73 Å². The third-order valence-corrected chi connectivity index (χ3v) is 3.82. The SMILES string of the molecule is CC(C)N1CCC(CN)C1c1c(F)cccc1F. The number of rotatable bonds is 3. The van der Waals surface area contributed by atoms with Gasteiger partial charge in [0.1, 0.15) is 11.6 Å². The summed E-state index contributed by atoms with van der Waals surface area (Å²) < 4.78 is 27.9. The Labute approximate surface area is 107 Å². The summed E-state index contributed by atoms with van der Waals surface area (Å²) in [4.78, 5) is 2.14. The Morgan fingerprint density at radius 3 is 2.44 bits per heavy atom. The highest BCUT2D eigenvalue weighted by molar-refractivity contribution is 5.25. The molecule has 1 heterocycles. The third-order valence-electron chi connectivity index (χ3n) is 3.82. The fourth-order valence-corrected chi connectivity index (χ4v) is 2.90. The van der Waals surface area contributed by atoms with Crippen molar-refractivity contribution >= 4 is 0 Å². The molecule has 100 valence electrons. The average Bonchev–Trinajstić information content (AvgIpc) is 2.72. The molecular formula is C14H20F2N2. The molecule has 1 aliphatic heterocycles. The molecule has 0 bridgehead atoms. The van der Waals surface area contributed by atoms with Crippen LogP contribution in [0.1, 0.15) is 31.9 Å². The maximum atomic E-state index is 13.9. The number of nitrogens with two attached hydrogens (primary N) is 1. The summed E-state index contributed by atoms with van der Waals surface area (Å²) in [6.45, 7) is 5.40. The van der Waals surface area contributed by atoms with Gasteiger partial charge in [0.15, 0.2) is 0 Å². The van der Waals surface area contributed by atoms with E-state index in [1.54, 1.807) is 0 Å². The minimum absolute atomic E-state index is 0.124. The van der Waals surface area contributed by atoms with Crippen molar-refractivity contribution in [3.8, 4) is 0 Å². The highest BCUT2D eigenvalue weighted by Crippen LogP contribution is 2.40. The molecule has 1 aromatic rings. The second-order valence-electron chi connectivity index (χ2n) is 5.20. The highest BCUT2D eigenvalue weighted by Gasteiger charge is 2.38. The first kappa shape index (κ1) is 13.4. The Kier molecular flexibility index (Phi) is 3.97. The maximum Gasteiger partial charge on any atom is 0.130 e. The second-order valence-corrected chi connectivity index (χ2v) is 5.20. The first-order valence-corrected chi connectivity index (χ1v) is 6.46. The molecule has 1 saturated heterocycles. The summed E-state index contributed by atoms with van der Waals surface area (Å²) in [5, 5.41) is 0. The topological polar surface area (TPSA) is 29.3 Å². The monoisotopic (exact) mass is 254 g/mol. The normalized spacial score (nSPS) is 25.0. The van der Waals surface area contributed by atoms with Crippen molar-refractivity contribution in [2.45, 2.75) is 32.4 Å². The predicted octanol–water partition coefficient (Wildman–Crippen LogP) is 2.69. The van der Waals surface area contributed by atoms with Gasteiger partial charge in [-0.2, -0.15) is 0 Å². The minimum Gasteiger partial charge on any atom is -0.330 e. The third kappa shape index (κ3) is 2.27. The van der Waals surface area contributed by atoms with Crippen molar-refractivity contribution in [3.63, 3.8) is 0 Å². The van der Waals surface area contributed by atoms with Gasteiger partial charge >= 0.3 is 0 Å². The molecule has 0 radical (unpaired) electrons. The second kappa shape index (κ2) is 5.33. The Morgan fingerprint density at radius 2 is 1.94 bits per heavy atom. The van der Waals surface area contributed by atoms with Crippen LogP contribution in [-0.2, 0) is 0 Å². The number of nitrogens with zero attached hydrogens (tertiary/aromatic N) is 1. The largest absolute Gasteiger partial charge is 0.330 e. The number of hydrogen-bond acceptors (Lipinski definition) is 2. The summed E-state index contributed by atoms with van der Waals surface area (Å²) in [6, 6.07) is 4.06. The number of halogens is 2. The molecule has 2 unspecified atom stereocenters. The quantitative estimate of drug-likeness (QED) is 0.898. The zero-order chi connectivity index (χ0) is 13.3. The van der Waals surface area contributed by atoms with Crippen LogP contribution in [0.4, 0.5) is 8.78 Å². The van der Waals surface area contributed by atoms with Crippen molar-refractivity contribution in [1.29, 1.82) is 0 Å². The lowest BCUT2D eigenvalue weighted by atomic mass is 9.92. The average molecular weight is 254 g/mol. The van der Waals surface area contributed by atoms with Crippen LogP contribution < -0.4 is 5.73 Å².